The molecule has 0 unspecified atom stereocenters. The molecule has 0 atom stereocenters. The summed E-state index contributed by atoms with van der Waals surface area (Å²) >= 11 is 29.8. The zero-order chi connectivity index (χ0) is 11.0. The Hall–Kier alpha value is 0.887. The van der Waals surface area contributed by atoms with Crippen molar-refractivity contribution in [1.29, 1.82) is 0 Å². The lowest BCUT2D eigenvalue weighted by Gasteiger charge is -2.14. The lowest BCUT2D eigenvalue weighted by atomic mass is 10.3. The molecule has 0 fully saturated rings. The summed E-state index contributed by atoms with van der Waals surface area (Å²) in [5.74, 6) is 0. The number of hydrogen-bond donors (Lipinski definition) is 0. The van der Waals surface area contributed by atoms with Gasteiger partial charge < -0.3 is 0 Å². The highest BCUT2D eigenvalue weighted by atomic mass is 35.5. The van der Waals surface area contributed by atoms with E-state index in [1.807, 2.05) is 0 Å². The molecule has 78 valence electrons. The lowest BCUT2D eigenvalue weighted by molar-refractivity contribution is 1.72. The van der Waals surface area contributed by atoms with Gasteiger partial charge in [-0.15, -0.1) is 0 Å². The Balaban J connectivity index is 3.60. The summed E-state index contributed by atoms with van der Waals surface area (Å²) in [7, 11) is -1.18. The monoisotopic (exact) mass is 306 g/mol. The Morgan fingerprint density at radius 3 is 1.21 bits per heavy atom. The molecule has 0 spiro atoms. The molecule has 1 aromatic rings. The zero-order valence-corrected chi connectivity index (χ0v) is 12.4. The maximum atomic E-state index is 6.05. The van der Waals surface area contributed by atoms with Crippen molar-refractivity contribution in [2.24, 2.45) is 0 Å². The first-order valence-electron chi connectivity index (χ1n) is 3.89. The van der Waals surface area contributed by atoms with Crippen LogP contribution in [0.5, 0.6) is 0 Å². The molecule has 0 aliphatic carbocycles. The van der Waals surface area contributed by atoms with Gasteiger partial charge in [-0.1, -0.05) is 71.1 Å². The number of halogens is 5. The highest BCUT2D eigenvalue weighted by Gasteiger charge is 2.20. The van der Waals surface area contributed by atoms with Crippen LogP contribution in [0, 0.1) is 0 Å². The van der Waals surface area contributed by atoms with Gasteiger partial charge in [0, 0.05) is 0 Å². The van der Waals surface area contributed by atoms with Crippen LogP contribution < -0.4 is 5.19 Å². The minimum atomic E-state index is -1.18. The fraction of sp³-hybridized carbons (Fsp3) is 0.250. The third-order valence-corrected chi connectivity index (χ3v) is 6.23. The SMILES string of the molecule is C[SiH](C)c1c(Cl)c(Cl)c(Cl)c(Cl)c1Cl. The van der Waals surface area contributed by atoms with Crippen LogP contribution in [0.15, 0.2) is 0 Å². The summed E-state index contributed by atoms with van der Waals surface area (Å²) in [6.07, 6.45) is 0. The Kier molecular flexibility index (Phi) is 4.45. The molecule has 0 radical (unpaired) electrons. The van der Waals surface area contributed by atoms with Crippen molar-refractivity contribution in [3.8, 4) is 0 Å². The van der Waals surface area contributed by atoms with Crippen molar-refractivity contribution < 1.29 is 0 Å². The first kappa shape index (κ1) is 13.0. The van der Waals surface area contributed by atoms with Crippen LogP contribution >= 0.6 is 58.0 Å². The average Bonchev–Trinajstić information content (AvgIpc) is 2.11. The normalized spacial score (nSPS) is 11.1. The fourth-order valence-corrected chi connectivity index (χ4v) is 5.08. The lowest BCUT2D eigenvalue weighted by Crippen LogP contribution is -2.25. The number of benzene rings is 1. The van der Waals surface area contributed by atoms with E-state index >= 15 is 0 Å². The van der Waals surface area contributed by atoms with Crippen LogP contribution in [0.1, 0.15) is 0 Å². The van der Waals surface area contributed by atoms with E-state index in [9.17, 15) is 0 Å². The van der Waals surface area contributed by atoms with Crippen molar-refractivity contribution in [2.75, 3.05) is 0 Å². The topological polar surface area (TPSA) is 0 Å². The molecule has 0 saturated carbocycles. The standard InChI is InChI=1S/C8H7Cl5Si/c1-14(2)8-6(12)4(10)3(9)5(11)7(8)13/h14H,1-2H3. The predicted molar refractivity (Wildman–Crippen MR) is 70.0 cm³/mol. The molecule has 1 rings (SSSR count). The Bertz CT molecular complexity index is 345. The van der Waals surface area contributed by atoms with Gasteiger partial charge in [-0.25, -0.2) is 0 Å². The summed E-state index contributed by atoms with van der Waals surface area (Å²) in [6, 6.07) is 0. The highest BCUT2D eigenvalue weighted by molar-refractivity contribution is 6.77. The number of hydrogen-bond acceptors (Lipinski definition) is 0. The van der Waals surface area contributed by atoms with Gasteiger partial charge in [0.1, 0.15) is 0 Å². The van der Waals surface area contributed by atoms with Gasteiger partial charge in [0.05, 0.1) is 33.9 Å². The molecule has 6 heteroatoms. The van der Waals surface area contributed by atoms with E-state index < -0.39 is 8.80 Å². The first-order valence-corrected chi connectivity index (χ1v) is 8.66. The summed E-state index contributed by atoms with van der Waals surface area (Å²) in [4.78, 5) is 0. The summed E-state index contributed by atoms with van der Waals surface area (Å²) < 4.78 is 0. The molecular formula is C8H7Cl5Si. The van der Waals surface area contributed by atoms with Crippen LogP contribution in [0.25, 0.3) is 0 Å². The number of rotatable bonds is 1. The van der Waals surface area contributed by atoms with Crippen LogP contribution in [-0.2, 0) is 0 Å². The van der Waals surface area contributed by atoms with E-state index in [2.05, 4.69) is 13.1 Å². The van der Waals surface area contributed by atoms with Crippen molar-refractivity contribution in [3.05, 3.63) is 25.1 Å². The van der Waals surface area contributed by atoms with Crippen molar-refractivity contribution in [1.82, 2.24) is 0 Å². The van der Waals surface area contributed by atoms with Crippen LogP contribution in [0.2, 0.25) is 38.2 Å². The maximum Gasteiger partial charge on any atom is 0.0808 e. The minimum Gasteiger partial charge on any atom is -0.0827 e. The zero-order valence-electron chi connectivity index (χ0n) is 7.47. The summed E-state index contributed by atoms with van der Waals surface area (Å²) in [6.45, 7) is 4.18. The highest BCUT2D eigenvalue weighted by Crippen LogP contribution is 2.39. The van der Waals surface area contributed by atoms with Gasteiger partial charge in [-0.2, -0.15) is 0 Å². The van der Waals surface area contributed by atoms with E-state index in [0.717, 1.165) is 5.19 Å². The molecule has 0 heterocycles. The van der Waals surface area contributed by atoms with E-state index in [4.69, 9.17) is 58.0 Å². The second-order valence-corrected chi connectivity index (χ2v) is 7.91. The molecule has 0 aromatic heterocycles. The second kappa shape index (κ2) is 4.81. The molecule has 0 nitrogen and oxygen atoms in total. The minimum absolute atomic E-state index is 0.224. The van der Waals surface area contributed by atoms with Crippen molar-refractivity contribution in [2.45, 2.75) is 13.1 Å². The quantitative estimate of drug-likeness (QED) is 0.402. The van der Waals surface area contributed by atoms with Crippen LogP contribution in [0.3, 0.4) is 0 Å². The van der Waals surface area contributed by atoms with Gasteiger partial charge in [0.15, 0.2) is 0 Å². The average molecular weight is 308 g/mol. The smallest absolute Gasteiger partial charge is 0.0808 e. The van der Waals surface area contributed by atoms with Gasteiger partial charge >= 0.3 is 0 Å². The van der Waals surface area contributed by atoms with Crippen molar-refractivity contribution >= 4 is 72.0 Å². The van der Waals surface area contributed by atoms with Gasteiger partial charge in [0.2, 0.25) is 0 Å². The summed E-state index contributed by atoms with van der Waals surface area (Å²) in [5, 5.41) is 2.55. The van der Waals surface area contributed by atoms with E-state index in [1.165, 1.54) is 0 Å². The molecule has 0 amide bonds. The molecular weight excluding hydrogens is 301 g/mol. The predicted octanol–water partition coefficient (Wildman–Crippen LogP) is 4.65. The van der Waals surface area contributed by atoms with E-state index in [-0.39, 0.29) is 5.02 Å². The van der Waals surface area contributed by atoms with Crippen LogP contribution in [-0.4, -0.2) is 8.80 Å². The molecule has 14 heavy (non-hydrogen) atoms. The van der Waals surface area contributed by atoms with Gasteiger partial charge in [-0.05, 0) is 5.19 Å². The Morgan fingerprint density at radius 2 is 0.929 bits per heavy atom. The molecule has 0 aliphatic rings. The molecule has 0 N–H and O–H groups in total. The van der Waals surface area contributed by atoms with Crippen LogP contribution in [0.4, 0.5) is 0 Å². The summed E-state index contributed by atoms with van der Waals surface area (Å²) in [5.41, 5.74) is 0. The molecule has 0 saturated heterocycles. The van der Waals surface area contributed by atoms with Gasteiger partial charge in [-0.3, -0.25) is 0 Å². The van der Waals surface area contributed by atoms with E-state index in [1.54, 1.807) is 0 Å². The first-order chi connectivity index (χ1) is 6.37. The Labute approximate surface area is 110 Å². The largest absolute Gasteiger partial charge is 0.0827 e. The van der Waals surface area contributed by atoms with E-state index in [0.29, 0.717) is 20.1 Å². The molecule has 1 aromatic carbocycles. The fourth-order valence-electron chi connectivity index (χ4n) is 1.13. The molecule has 0 bridgehead atoms. The molecule has 0 aliphatic heterocycles. The second-order valence-electron chi connectivity index (χ2n) is 3.14. The van der Waals surface area contributed by atoms with Gasteiger partial charge in [0.25, 0.3) is 0 Å². The third kappa shape index (κ3) is 2.18. The Morgan fingerprint density at radius 1 is 0.643 bits per heavy atom. The maximum absolute atomic E-state index is 6.05. The third-order valence-electron chi connectivity index (χ3n) is 1.82. The van der Waals surface area contributed by atoms with Crippen molar-refractivity contribution in [3.63, 3.8) is 0 Å².